The van der Waals surface area contributed by atoms with Crippen molar-refractivity contribution in [1.29, 1.82) is 0 Å². The van der Waals surface area contributed by atoms with Gasteiger partial charge in [0, 0.05) is 6.42 Å². The number of amides is 4. The molecule has 0 atom stereocenters. The minimum atomic E-state index is -0.810. The fraction of sp³-hybridized carbons (Fsp3) is 0.550. The number of imide groups is 1. The van der Waals surface area contributed by atoms with E-state index in [2.05, 4.69) is 36.7 Å². The summed E-state index contributed by atoms with van der Waals surface area (Å²) in [7, 11) is 0. The first-order valence-corrected chi connectivity index (χ1v) is 9.46. The van der Waals surface area contributed by atoms with Crippen molar-refractivity contribution in [2.75, 3.05) is 0 Å². The predicted octanol–water partition coefficient (Wildman–Crippen LogP) is 3.03. The van der Waals surface area contributed by atoms with E-state index in [0.29, 0.717) is 25.2 Å². The van der Waals surface area contributed by atoms with E-state index < -0.39 is 11.6 Å². The summed E-state index contributed by atoms with van der Waals surface area (Å²) >= 11 is 0. The molecule has 2 N–H and O–H groups in total. The minimum absolute atomic E-state index is 0.227. The van der Waals surface area contributed by atoms with Gasteiger partial charge in [0.05, 0.1) is 0 Å². The highest BCUT2D eigenvalue weighted by Gasteiger charge is 2.52. The van der Waals surface area contributed by atoms with Gasteiger partial charge >= 0.3 is 6.03 Å². The van der Waals surface area contributed by atoms with Gasteiger partial charge in [-0.15, -0.1) is 0 Å². The van der Waals surface area contributed by atoms with Gasteiger partial charge in [-0.1, -0.05) is 57.4 Å². The van der Waals surface area contributed by atoms with Crippen molar-refractivity contribution in [3.63, 3.8) is 0 Å². The fourth-order valence-corrected chi connectivity index (χ4v) is 3.72. The van der Waals surface area contributed by atoms with E-state index >= 15 is 0 Å². The fourth-order valence-electron chi connectivity index (χ4n) is 3.72. The smallest absolute Gasteiger partial charge is 0.322 e. The molecule has 26 heavy (non-hydrogen) atoms. The van der Waals surface area contributed by atoms with Gasteiger partial charge in [0.2, 0.25) is 5.91 Å². The lowest BCUT2D eigenvalue weighted by atomic mass is 9.82. The van der Waals surface area contributed by atoms with Crippen molar-refractivity contribution in [3.8, 4) is 0 Å². The van der Waals surface area contributed by atoms with Gasteiger partial charge in [-0.05, 0) is 36.3 Å². The molecule has 0 unspecified atom stereocenters. The Morgan fingerprint density at radius 1 is 1.15 bits per heavy atom. The van der Waals surface area contributed by atoms with E-state index in [1.54, 1.807) is 0 Å². The highest BCUT2D eigenvalue weighted by atomic mass is 16.2. The maximum Gasteiger partial charge on any atom is 0.344 e. The second-order valence-electron chi connectivity index (χ2n) is 7.64. The van der Waals surface area contributed by atoms with Gasteiger partial charge in [0.25, 0.3) is 5.91 Å². The van der Waals surface area contributed by atoms with Crippen LogP contribution in [0.2, 0.25) is 0 Å². The number of nitrogens with one attached hydrogen (secondary N) is 2. The van der Waals surface area contributed by atoms with Crippen molar-refractivity contribution >= 4 is 17.8 Å². The minimum Gasteiger partial charge on any atom is -0.322 e. The predicted molar refractivity (Wildman–Crippen MR) is 98.2 cm³/mol. The second-order valence-corrected chi connectivity index (χ2v) is 7.64. The maximum absolute atomic E-state index is 12.6. The molecule has 1 aliphatic carbocycles. The number of benzene rings is 1. The molecule has 0 bridgehead atoms. The molecule has 1 aromatic carbocycles. The van der Waals surface area contributed by atoms with Crippen molar-refractivity contribution in [1.82, 2.24) is 15.8 Å². The van der Waals surface area contributed by atoms with Crippen LogP contribution in [0.15, 0.2) is 24.3 Å². The molecule has 2 aliphatic rings. The Bertz CT molecular complexity index is 691. The summed E-state index contributed by atoms with van der Waals surface area (Å²) in [4.78, 5) is 37.0. The lowest BCUT2D eigenvalue weighted by Gasteiger charge is -2.30. The summed E-state index contributed by atoms with van der Waals surface area (Å²) in [6, 6.07) is 7.66. The largest absolute Gasteiger partial charge is 0.344 e. The van der Waals surface area contributed by atoms with Crippen LogP contribution in [0, 0.1) is 0 Å². The van der Waals surface area contributed by atoms with Crippen molar-refractivity contribution < 1.29 is 14.4 Å². The van der Waals surface area contributed by atoms with Crippen LogP contribution in [-0.4, -0.2) is 28.4 Å². The summed E-state index contributed by atoms with van der Waals surface area (Å²) in [5, 5.41) is 3.66. The zero-order valence-electron chi connectivity index (χ0n) is 15.5. The third-order valence-electron chi connectivity index (χ3n) is 5.39. The van der Waals surface area contributed by atoms with Gasteiger partial charge in [0.15, 0.2) is 0 Å². The number of carbonyl (C=O) groups is 3. The molecule has 3 rings (SSSR count). The Morgan fingerprint density at radius 3 is 2.42 bits per heavy atom. The lowest BCUT2D eigenvalue weighted by molar-refractivity contribution is -0.139. The number of hydrogen-bond acceptors (Lipinski definition) is 3. The van der Waals surface area contributed by atoms with Crippen LogP contribution < -0.4 is 10.7 Å². The molecule has 1 aromatic rings. The Kier molecular flexibility index (Phi) is 5.30. The van der Waals surface area contributed by atoms with E-state index in [9.17, 15) is 14.4 Å². The number of urea groups is 1. The summed E-state index contributed by atoms with van der Waals surface area (Å²) in [5.41, 5.74) is 3.99. The highest BCUT2D eigenvalue weighted by Crippen LogP contribution is 2.33. The molecule has 1 saturated carbocycles. The van der Waals surface area contributed by atoms with E-state index in [-0.39, 0.29) is 18.2 Å². The van der Waals surface area contributed by atoms with Crippen LogP contribution in [0.3, 0.4) is 0 Å². The zero-order chi connectivity index (χ0) is 18.7. The quantitative estimate of drug-likeness (QED) is 0.795. The molecule has 1 aliphatic heterocycles. The molecule has 0 radical (unpaired) electrons. The van der Waals surface area contributed by atoms with E-state index in [1.807, 2.05) is 12.1 Å². The Labute approximate surface area is 154 Å². The monoisotopic (exact) mass is 357 g/mol. The average Bonchev–Trinajstić information content (AvgIpc) is 2.85. The normalized spacial score (nSPS) is 19.1. The second kappa shape index (κ2) is 7.48. The van der Waals surface area contributed by atoms with Crippen molar-refractivity contribution in [2.24, 2.45) is 0 Å². The lowest BCUT2D eigenvalue weighted by Crippen LogP contribution is -2.51. The number of hydrogen-bond donors (Lipinski definition) is 2. The van der Waals surface area contributed by atoms with Crippen LogP contribution in [0.25, 0.3) is 0 Å². The van der Waals surface area contributed by atoms with Crippen molar-refractivity contribution in [2.45, 2.75) is 70.3 Å². The number of nitrogens with zero attached hydrogens (tertiary/aromatic N) is 1. The first kappa shape index (κ1) is 18.4. The summed E-state index contributed by atoms with van der Waals surface area (Å²) in [6.45, 7) is 4.28. The third kappa shape index (κ3) is 3.74. The number of carbonyl (C=O) groups excluding carboxylic acids is 3. The zero-order valence-corrected chi connectivity index (χ0v) is 15.5. The summed E-state index contributed by atoms with van der Waals surface area (Å²) in [6.07, 6.45) is 5.00. The van der Waals surface area contributed by atoms with Gasteiger partial charge < -0.3 is 5.32 Å². The van der Waals surface area contributed by atoms with Crippen LogP contribution in [0.5, 0.6) is 0 Å². The molecule has 4 amide bonds. The Balaban J connectivity index is 1.54. The SMILES string of the molecule is CC(C)c1ccc(CCC(=O)NN2C(=O)NC3(CCCCC3)C2=O)cc1. The van der Waals surface area contributed by atoms with E-state index in [1.165, 1.54) is 5.56 Å². The topological polar surface area (TPSA) is 78.5 Å². The average molecular weight is 357 g/mol. The van der Waals surface area contributed by atoms with Crippen LogP contribution in [-0.2, 0) is 16.0 Å². The van der Waals surface area contributed by atoms with Gasteiger partial charge in [0.1, 0.15) is 5.54 Å². The molecule has 140 valence electrons. The van der Waals surface area contributed by atoms with Crippen LogP contribution in [0.1, 0.15) is 69.4 Å². The number of hydrazine groups is 1. The molecule has 6 heteroatoms. The van der Waals surface area contributed by atoms with Crippen molar-refractivity contribution in [3.05, 3.63) is 35.4 Å². The molecule has 2 fully saturated rings. The van der Waals surface area contributed by atoms with Gasteiger partial charge in [-0.2, -0.15) is 5.01 Å². The van der Waals surface area contributed by atoms with Crippen LogP contribution in [0.4, 0.5) is 4.79 Å². The molecule has 0 aromatic heterocycles. The van der Waals surface area contributed by atoms with Gasteiger partial charge in [-0.25, -0.2) is 4.79 Å². The Hall–Kier alpha value is -2.37. The van der Waals surface area contributed by atoms with Gasteiger partial charge in [-0.3, -0.25) is 15.0 Å². The molecular formula is C20H27N3O3. The number of rotatable bonds is 5. The molecule has 1 spiro atoms. The Morgan fingerprint density at radius 2 is 1.81 bits per heavy atom. The third-order valence-corrected chi connectivity index (χ3v) is 5.39. The van der Waals surface area contributed by atoms with E-state index in [0.717, 1.165) is 29.8 Å². The highest BCUT2D eigenvalue weighted by molar-refractivity contribution is 6.08. The standard InChI is InChI=1S/C20H27N3O3/c1-14(2)16-9-6-15(7-10-16)8-11-17(24)22-23-18(25)20(21-19(23)26)12-4-3-5-13-20/h6-7,9-10,14H,3-5,8,11-13H2,1-2H3,(H,21,26)(H,22,24). The maximum atomic E-state index is 12.6. The number of aryl methyl sites for hydroxylation is 1. The molecule has 1 heterocycles. The molecular weight excluding hydrogens is 330 g/mol. The summed E-state index contributed by atoms with van der Waals surface area (Å²) in [5.74, 6) is -0.176. The molecule has 1 saturated heterocycles. The first-order chi connectivity index (χ1) is 12.4. The molecule has 6 nitrogen and oxygen atoms in total. The van der Waals surface area contributed by atoms with Crippen LogP contribution >= 0.6 is 0 Å². The summed E-state index contributed by atoms with van der Waals surface area (Å²) < 4.78 is 0. The first-order valence-electron chi connectivity index (χ1n) is 9.46. The van der Waals surface area contributed by atoms with E-state index in [4.69, 9.17) is 0 Å².